The predicted molar refractivity (Wildman–Crippen MR) is 104 cm³/mol. The molecule has 1 saturated heterocycles. The Hall–Kier alpha value is -3.26. The van der Waals surface area contributed by atoms with Crippen molar-refractivity contribution in [2.45, 2.75) is 6.92 Å². The van der Waals surface area contributed by atoms with Crippen molar-refractivity contribution < 1.29 is 14.3 Å². The Bertz CT molecular complexity index is 1040. The van der Waals surface area contributed by atoms with Crippen LogP contribution >= 0.6 is 0 Å². The molecular weight excluding hydrogens is 358 g/mol. The molecule has 0 saturated carbocycles. The second-order valence-corrected chi connectivity index (χ2v) is 6.75. The molecule has 3 aromatic rings. The molecule has 2 aromatic heterocycles. The number of carbonyl (C=O) groups excluding carboxylic acids is 2. The Morgan fingerprint density at radius 3 is 2.57 bits per heavy atom. The number of amides is 2. The van der Waals surface area contributed by atoms with Gasteiger partial charge in [0, 0.05) is 37.1 Å². The van der Waals surface area contributed by atoms with Gasteiger partial charge in [0.05, 0.1) is 30.4 Å². The Balaban J connectivity index is 1.52. The van der Waals surface area contributed by atoms with Crippen molar-refractivity contribution in [3.05, 3.63) is 53.3 Å². The second-order valence-electron chi connectivity index (χ2n) is 6.75. The van der Waals surface area contributed by atoms with E-state index in [2.05, 4.69) is 15.4 Å². The van der Waals surface area contributed by atoms with Crippen molar-refractivity contribution in [1.29, 1.82) is 0 Å². The minimum atomic E-state index is -0.240. The number of anilines is 1. The highest BCUT2D eigenvalue weighted by atomic mass is 16.5. The third-order valence-corrected chi connectivity index (χ3v) is 4.77. The number of hydrogen-bond donors (Lipinski definition) is 1. The maximum Gasteiger partial charge on any atom is 0.256 e. The summed E-state index contributed by atoms with van der Waals surface area (Å²) in [4.78, 5) is 31.5. The first-order chi connectivity index (χ1) is 13.5. The molecule has 0 atom stereocenters. The summed E-state index contributed by atoms with van der Waals surface area (Å²) >= 11 is 0. The van der Waals surface area contributed by atoms with E-state index in [0.29, 0.717) is 54.2 Å². The van der Waals surface area contributed by atoms with Crippen LogP contribution < -0.4 is 5.32 Å². The van der Waals surface area contributed by atoms with Crippen molar-refractivity contribution in [3.63, 3.8) is 0 Å². The van der Waals surface area contributed by atoms with E-state index < -0.39 is 0 Å². The number of fused-ring (bicyclic) bond motifs is 1. The van der Waals surface area contributed by atoms with Crippen molar-refractivity contribution in [3.8, 4) is 0 Å². The highest BCUT2D eigenvalue weighted by Crippen LogP contribution is 2.20. The summed E-state index contributed by atoms with van der Waals surface area (Å²) in [6.45, 7) is 4.16. The van der Waals surface area contributed by atoms with Crippen LogP contribution in [-0.4, -0.2) is 57.8 Å². The van der Waals surface area contributed by atoms with Gasteiger partial charge >= 0.3 is 0 Å². The molecule has 0 aliphatic carbocycles. The van der Waals surface area contributed by atoms with Gasteiger partial charge in [-0.05, 0) is 37.3 Å². The fraction of sp³-hybridized carbons (Fsp3) is 0.300. The summed E-state index contributed by atoms with van der Waals surface area (Å²) < 4.78 is 6.92. The topological polar surface area (TPSA) is 89.4 Å². The number of benzene rings is 1. The van der Waals surface area contributed by atoms with Gasteiger partial charge in [0.2, 0.25) is 0 Å². The number of aromatic nitrogens is 3. The Labute approximate surface area is 162 Å². The first-order valence-electron chi connectivity index (χ1n) is 9.11. The Morgan fingerprint density at radius 1 is 1.14 bits per heavy atom. The van der Waals surface area contributed by atoms with Gasteiger partial charge in [0.1, 0.15) is 0 Å². The highest BCUT2D eigenvalue weighted by molar-refractivity contribution is 6.12. The molecule has 4 rings (SSSR count). The third-order valence-electron chi connectivity index (χ3n) is 4.77. The second kappa shape index (κ2) is 7.40. The molecule has 3 heterocycles. The van der Waals surface area contributed by atoms with Crippen LogP contribution in [0.4, 0.5) is 5.69 Å². The zero-order chi connectivity index (χ0) is 19.7. The number of pyridine rings is 1. The first kappa shape index (κ1) is 18.1. The average molecular weight is 379 g/mol. The lowest BCUT2D eigenvalue weighted by Gasteiger charge is -2.26. The third kappa shape index (κ3) is 3.46. The predicted octanol–water partition coefficient (Wildman–Crippen LogP) is 2.00. The number of morpholine rings is 1. The van der Waals surface area contributed by atoms with Crippen LogP contribution in [0.5, 0.6) is 0 Å². The van der Waals surface area contributed by atoms with Crippen LogP contribution in [0.25, 0.3) is 11.0 Å². The molecule has 1 N–H and O–H groups in total. The Morgan fingerprint density at radius 2 is 1.86 bits per heavy atom. The van der Waals surface area contributed by atoms with Crippen LogP contribution in [0, 0.1) is 6.92 Å². The van der Waals surface area contributed by atoms with Crippen molar-refractivity contribution in [2.24, 2.45) is 7.05 Å². The molecule has 144 valence electrons. The van der Waals surface area contributed by atoms with Gasteiger partial charge in [0.25, 0.3) is 11.8 Å². The molecule has 1 aromatic carbocycles. The molecule has 8 nitrogen and oxygen atoms in total. The van der Waals surface area contributed by atoms with Crippen LogP contribution in [0.15, 0.2) is 36.5 Å². The fourth-order valence-corrected chi connectivity index (χ4v) is 3.27. The van der Waals surface area contributed by atoms with Crippen LogP contribution in [-0.2, 0) is 11.8 Å². The number of nitrogens with zero attached hydrogens (tertiary/aromatic N) is 4. The van der Waals surface area contributed by atoms with E-state index in [0.717, 1.165) is 5.69 Å². The van der Waals surface area contributed by atoms with Crippen LogP contribution in [0.2, 0.25) is 0 Å². The molecule has 0 radical (unpaired) electrons. The summed E-state index contributed by atoms with van der Waals surface area (Å²) in [6.07, 6.45) is 1.64. The first-order valence-corrected chi connectivity index (χ1v) is 9.11. The number of aryl methyl sites for hydroxylation is 2. The van der Waals surface area contributed by atoms with Crippen LogP contribution in [0.3, 0.4) is 0 Å². The van der Waals surface area contributed by atoms with Gasteiger partial charge in [-0.3, -0.25) is 14.3 Å². The maximum atomic E-state index is 12.8. The van der Waals surface area contributed by atoms with E-state index >= 15 is 0 Å². The quantitative estimate of drug-likeness (QED) is 0.752. The van der Waals surface area contributed by atoms with Crippen molar-refractivity contribution in [1.82, 2.24) is 19.7 Å². The summed E-state index contributed by atoms with van der Waals surface area (Å²) in [6, 6.07) is 8.67. The molecule has 28 heavy (non-hydrogen) atoms. The molecule has 0 spiro atoms. The summed E-state index contributed by atoms with van der Waals surface area (Å²) in [5.41, 5.74) is 3.14. The Kier molecular flexibility index (Phi) is 4.79. The van der Waals surface area contributed by atoms with Gasteiger partial charge in [-0.2, -0.15) is 5.10 Å². The van der Waals surface area contributed by atoms with Gasteiger partial charge in [-0.15, -0.1) is 0 Å². The standard InChI is InChI=1S/C20H21N5O3/c1-13-11-16(17-12-21-24(2)18(17)22-13)19(26)23-15-5-3-14(4-6-15)20(27)25-7-9-28-10-8-25/h3-6,11-12H,7-10H2,1-2H3,(H,23,26). The lowest BCUT2D eigenvalue weighted by Crippen LogP contribution is -2.40. The SMILES string of the molecule is Cc1cc(C(=O)Nc2ccc(C(=O)N3CCOCC3)cc2)c2cnn(C)c2n1. The van der Waals surface area contributed by atoms with Gasteiger partial charge < -0.3 is 15.0 Å². The van der Waals surface area contributed by atoms with E-state index in [1.165, 1.54) is 0 Å². The fourth-order valence-electron chi connectivity index (χ4n) is 3.27. The number of rotatable bonds is 3. The van der Waals surface area contributed by atoms with Crippen LogP contribution in [0.1, 0.15) is 26.4 Å². The van der Waals surface area contributed by atoms with Gasteiger partial charge in [0.15, 0.2) is 5.65 Å². The zero-order valence-electron chi connectivity index (χ0n) is 15.8. The molecule has 1 aliphatic heterocycles. The van der Waals surface area contributed by atoms with Crippen molar-refractivity contribution in [2.75, 3.05) is 31.6 Å². The smallest absolute Gasteiger partial charge is 0.256 e. The van der Waals surface area contributed by atoms with Gasteiger partial charge in [-0.25, -0.2) is 4.98 Å². The molecule has 1 aliphatic rings. The average Bonchev–Trinajstić information content (AvgIpc) is 3.08. The monoisotopic (exact) mass is 379 g/mol. The number of nitrogens with one attached hydrogen (secondary N) is 1. The minimum Gasteiger partial charge on any atom is -0.378 e. The zero-order valence-corrected chi connectivity index (χ0v) is 15.8. The normalized spacial score (nSPS) is 14.3. The largest absolute Gasteiger partial charge is 0.378 e. The minimum absolute atomic E-state index is 0.0250. The molecule has 1 fully saturated rings. The van der Waals surface area contributed by atoms with Gasteiger partial charge in [-0.1, -0.05) is 0 Å². The molecule has 0 bridgehead atoms. The van der Waals surface area contributed by atoms with Crippen molar-refractivity contribution >= 4 is 28.5 Å². The highest BCUT2D eigenvalue weighted by Gasteiger charge is 2.19. The summed E-state index contributed by atoms with van der Waals surface area (Å²) in [5.74, 6) is -0.265. The number of carbonyl (C=O) groups is 2. The number of hydrogen-bond acceptors (Lipinski definition) is 5. The number of ether oxygens (including phenoxy) is 1. The molecule has 0 unspecified atom stereocenters. The van der Waals surface area contributed by atoms with E-state index in [1.54, 1.807) is 53.2 Å². The summed E-state index contributed by atoms with van der Waals surface area (Å²) in [5, 5.41) is 7.77. The molecule has 2 amide bonds. The van der Waals surface area contributed by atoms with E-state index in [1.807, 2.05) is 6.92 Å². The van der Waals surface area contributed by atoms with E-state index in [-0.39, 0.29) is 11.8 Å². The summed E-state index contributed by atoms with van der Waals surface area (Å²) in [7, 11) is 1.79. The van der Waals surface area contributed by atoms with E-state index in [4.69, 9.17) is 4.74 Å². The van der Waals surface area contributed by atoms with E-state index in [9.17, 15) is 9.59 Å². The lowest BCUT2D eigenvalue weighted by molar-refractivity contribution is 0.0303. The molecular formula is C20H21N5O3. The molecule has 8 heteroatoms. The lowest BCUT2D eigenvalue weighted by atomic mass is 10.1. The maximum absolute atomic E-state index is 12.8.